The van der Waals surface area contributed by atoms with Crippen LogP contribution in [0.3, 0.4) is 0 Å². The molecule has 23 heavy (non-hydrogen) atoms. The van der Waals surface area contributed by atoms with Crippen molar-refractivity contribution < 1.29 is 18.7 Å². The lowest BCUT2D eigenvalue weighted by Gasteiger charge is -2.05. The maximum absolute atomic E-state index is 13.1. The Labute approximate surface area is 134 Å². The van der Waals surface area contributed by atoms with Gasteiger partial charge in [0.2, 0.25) is 0 Å². The Hall–Kier alpha value is -2.21. The Morgan fingerprint density at radius 2 is 2.09 bits per heavy atom. The second kappa shape index (κ2) is 6.91. The fourth-order valence-electron chi connectivity index (χ4n) is 2.80. The normalized spacial score (nSPS) is 13.1. The number of nitrogens with zero attached hydrogens (tertiary/aromatic N) is 2. The van der Waals surface area contributed by atoms with Gasteiger partial charge in [0.1, 0.15) is 24.7 Å². The molecule has 3 rings (SSSR count). The molecule has 0 unspecified atom stereocenters. The number of hydrogen-bond donors (Lipinski definition) is 0. The van der Waals surface area contributed by atoms with Gasteiger partial charge in [-0.3, -0.25) is 0 Å². The topological polar surface area (TPSA) is 53.4 Å². The van der Waals surface area contributed by atoms with Crippen molar-refractivity contribution >= 4 is 5.97 Å². The predicted molar refractivity (Wildman–Crippen MR) is 81.8 cm³/mol. The van der Waals surface area contributed by atoms with E-state index in [2.05, 4.69) is 5.10 Å². The van der Waals surface area contributed by atoms with Crippen LogP contribution in [-0.2, 0) is 33.7 Å². The fraction of sp³-hybridized carbons (Fsp3) is 0.412. The van der Waals surface area contributed by atoms with Crippen molar-refractivity contribution in [3.05, 3.63) is 47.0 Å². The molecule has 0 spiro atoms. The molecule has 5 nitrogen and oxygen atoms in total. The first-order chi connectivity index (χ1) is 11.2. The van der Waals surface area contributed by atoms with Crippen molar-refractivity contribution in [2.45, 2.75) is 32.8 Å². The van der Waals surface area contributed by atoms with E-state index in [4.69, 9.17) is 9.47 Å². The van der Waals surface area contributed by atoms with Crippen LogP contribution in [-0.4, -0.2) is 29.0 Å². The summed E-state index contributed by atoms with van der Waals surface area (Å²) in [5.74, 6) is -0.669. The number of carbonyl (C=O) groups excluding carboxylic acids is 1. The summed E-state index contributed by atoms with van der Waals surface area (Å²) in [5.41, 5.74) is 3.84. The molecular weight excluding hydrogens is 299 g/mol. The molecule has 122 valence electrons. The zero-order valence-electron chi connectivity index (χ0n) is 13.0. The molecule has 0 fully saturated rings. The lowest BCUT2D eigenvalue weighted by Crippen LogP contribution is -2.13. The molecular formula is C17H19FN2O3. The second-order valence-corrected chi connectivity index (χ2v) is 5.41. The SMILES string of the molecule is CCOCC(=O)OCc1nn(-c2ccc(F)cc2)c2c1CCC2. The number of ether oxygens (including phenoxy) is 2. The van der Waals surface area contributed by atoms with Gasteiger partial charge in [0, 0.05) is 17.9 Å². The van der Waals surface area contributed by atoms with E-state index in [0.717, 1.165) is 41.9 Å². The van der Waals surface area contributed by atoms with Crippen molar-refractivity contribution in [3.63, 3.8) is 0 Å². The van der Waals surface area contributed by atoms with E-state index in [0.29, 0.717) is 6.61 Å². The highest BCUT2D eigenvalue weighted by atomic mass is 19.1. The molecule has 1 aromatic carbocycles. The van der Waals surface area contributed by atoms with Crippen LogP contribution < -0.4 is 0 Å². The number of benzene rings is 1. The molecule has 0 aliphatic heterocycles. The van der Waals surface area contributed by atoms with Crippen molar-refractivity contribution in [2.24, 2.45) is 0 Å². The standard InChI is InChI=1S/C17H19FN2O3/c1-2-22-11-17(21)23-10-15-14-4-3-5-16(14)20(19-15)13-8-6-12(18)7-9-13/h6-9H,2-5,10-11H2,1H3. The van der Waals surface area contributed by atoms with Crippen LogP contribution in [0.25, 0.3) is 5.69 Å². The maximum atomic E-state index is 13.1. The van der Waals surface area contributed by atoms with Crippen LogP contribution >= 0.6 is 0 Å². The third-order valence-corrected chi connectivity index (χ3v) is 3.88. The largest absolute Gasteiger partial charge is 0.457 e. The van der Waals surface area contributed by atoms with Gasteiger partial charge in [-0.25, -0.2) is 13.9 Å². The summed E-state index contributed by atoms with van der Waals surface area (Å²) in [6, 6.07) is 6.23. The summed E-state index contributed by atoms with van der Waals surface area (Å²) in [4.78, 5) is 11.6. The van der Waals surface area contributed by atoms with Gasteiger partial charge in [-0.2, -0.15) is 5.10 Å². The molecule has 1 heterocycles. The van der Waals surface area contributed by atoms with E-state index in [1.165, 1.54) is 12.1 Å². The minimum atomic E-state index is -0.394. The lowest BCUT2D eigenvalue weighted by molar-refractivity contribution is -0.150. The molecule has 6 heteroatoms. The molecule has 0 radical (unpaired) electrons. The van der Waals surface area contributed by atoms with E-state index >= 15 is 0 Å². The summed E-state index contributed by atoms with van der Waals surface area (Å²) < 4.78 is 25.2. The summed E-state index contributed by atoms with van der Waals surface area (Å²) >= 11 is 0. The Balaban J connectivity index is 1.78. The first-order valence-electron chi connectivity index (χ1n) is 7.78. The van der Waals surface area contributed by atoms with Gasteiger partial charge in [0.05, 0.1) is 5.69 Å². The maximum Gasteiger partial charge on any atom is 0.332 e. The van der Waals surface area contributed by atoms with Gasteiger partial charge in [-0.1, -0.05) is 0 Å². The lowest BCUT2D eigenvalue weighted by atomic mass is 10.2. The van der Waals surface area contributed by atoms with E-state index < -0.39 is 5.97 Å². The number of carbonyl (C=O) groups is 1. The number of esters is 1. The highest BCUT2D eigenvalue weighted by Gasteiger charge is 2.23. The molecule has 0 amide bonds. The third kappa shape index (κ3) is 3.42. The van der Waals surface area contributed by atoms with Gasteiger partial charge in [-0.15, -0.1) is 0 Å². The average Bonchev–Trinajstić information content (AvgIpc) is 3.15. The predicted octanol–water partition coefficient (Wildman–Crippen LogP) is 2.58. The zero-order chi connectivity index (χ0) is 16.2. The van der Waals surface area contributed by atoms with Gasteiger partial charge in [-0.05, 0) is 50.5 Å². The molecule has 0 atom stereocenters. The monoisotopic (exact) mass is 318 g/mol. The minimum absolute atomic E-state index is 0.0443. The second-order valence-electron chi connectivity index (χ2n) is 5.41. The smallest absolute Gasteiger partial charge is 0.332 e. The number of fused-ring (bicyclic) bond motifs is 1. The van der Waals surface area contributed by atoms with Crippen molar-refractivity contribution in [1.29, 1.82) is 0 Å². The van der Waals surface area contributed by atoms with Gasteiger partial charge >= 0.3 is 5.97 Å². The van der Waals surface area contributed by atoms with Crippen LogP contribution in [0.1, 0.15) is 30.3 Å². The number of hydrogen-bond acceptors (Lipinski definition) is 4. The van der Waals surface area contributed by atoms with E-state index in [9.17, 15) is 9.18 Å². The zero-order valence-corrected chi connectivity index (χ0v) is 13.0. The Morgan fingerprint density at radius 3 is 2.83 bits per heavy atom. The van der Waals surface area contributed by atoms with Crippen molar-refractivity contribution in [3.8, 4) is 5.69 Å². The average molecular weight is 318 g/mol. The highest BCUT2D eigenvalue weighted by Crippen LogP contribution is 2.28. The molecule has 0 saturated heterocycles. The summed E-state index contributed by atoms with van der Waals surface area (Å²) in [6.07, 6.45) is 2.90. The van der Waals surface area contributed by atoms with Crippen LogP contribution in [0, 0.1) is 5.82 Å². The van der Waals surface area contributed by atoms with E-state index in [-0.39, 0.29) is 19.0 Å². The summed E-state index contributed by atoms with van der Waals surface area (Å²) in [7, 11) is 0. The summed E-state index contributed by atoms with van der Waals surface area (Å²) in [5, 5.41) is 4.56. The molecule has 0 saturated carbocycles. The molecule has 0 bridgehead atoms. The number of halogens is 1. The quantitative estimate of drug-likeness (QED) is 0.768. The first-order valence-corrected chi connectivity index (χ1v) is 7.78. The Kier molecular flexibility index (Phi) is 4.71. The highest BCUT2D eigenvalue weighted by molar-refractivity contribution is 5.70. The van der Waals surface area contributed by atoms with Crippen LogP contribution in [0.4, 0.5) is 4.39 Å². The molecule has 1 aliphatic rings. The molecule has 1 aliphatic carbocycles. The van der Waals surface area contributed by atoms with Gasteiger partial charge in [0.25, 0.3) is 0 Å². The van der Waals surface area contributed by atoms with Crippen LogP contribution in [0.2, 0.25) is 0 Å². The fourth-order valence-corrected chi connectivity index (χ4v) is 2.80. The number of aromatic nitrogens is 2. The summed E-state index contributed by atoms with van der Waals surface area (Å²) in [6.45, 7) is 2.40. The van der Waals surface area contributed by atoms with Gasteiger partial charge in [0.15, 0.2) is 0 Å². The van der Waals surface area contributed by atoms with Crippen LogP contribution in [0.5, 0.6) is 0 Å². The molecule has 0 N–H and O–H groups in total. The first kappa shape index (κ1) is 15.7. The van der Waals surface area contributed by atoms with E-state index in [1.807, 2.05) is 11.6 Å². The number of rotatable bonds is 6. The Morgan fingerprint density at radius 1 is 1.30 bits per heavy atom. The van der Waals surface area contributed by atoms with Crippen molar-refractivity contribution in [1.82, 2.24) is 9.78 Å². The van der Waals surface area contributed by atoms with Gasteiger partial charge < -0.3 is 9.47 Å². The molecule has 2 aromatic rings. The minimum Gasteiger partial charge on any atom is -0.457 e. The third-order valence-electron chi connectivity index (χ3n) is 3.88. The van der Waals surface area contributed by atoms with E-state index in [1.54, 1.807) is 12.1 Å². The molecule has 1 aromatic heterocycles. The van der Waals surface area contributed by atoms with Crippen molar-refractivity contribution in [2.75, 3.05) is 13.2 Å². The Bertz CT molecular complexity index is 695. The van der Waals surface area contributed by atoms with Crippen LogP contribution in [0.15, 0.2) is 24.3 Å².